The van der Waals surface area contributed by atoms with E-state index in [0.29, 0.717) is 19.0 Å². The van der Waals surface area contributed by atoms with Gasteiger partial charge in [0.1, 0.15) is 12.1 Å². The Morgan fingerprint density at radius 3 is 2.83 bits per heavy atom. The van der Waals surface area contributed by atoms with E-state index in [-0.39, 0.29) is 11.7 Å². The molecule has 1 N–H and O–H groups in total. The SMILES string of the molecule is CCCC1(C)C(=O)NCCN1Cc1coc(-c2ccc(F)cc2)n1. The van der Waals surface area contributed by atoms with E-state index in [4.69, 9.17) is 4.42 Å². The molecule has 0 bridgehead atoms. The molecule has 1 saturated heterocycles. The molecule has 1 aromatic heterocycles. The van der Waals surface area contributed by atoms with Crippen LogP contribution in [0.3, 0.4) is 0 Å². The molecule has 2 aromatic rings. The summed E-state index contributed by atoms with van der Waals surface area (Å²) in [6.07, 6.45) is 3.33. The molecule has 1 aliphatic rings. The van der Waals surface area contributed by atoms with Gasteiger partial charge in [0.05, 0.1) is 11.2 Å². The number of nitrogens with one attached hydrogen (secondary N) is 1. The molecule has 1 atom stereocenters. The van der Waals surface area contributed by atoms with E-state index in [1.54, 1.807) is 18.4 Å². The van der Waals surface area contributed by atoms with Crippen molar-refractivity contribution in [1.82, 2.24) is 15.2 Å². The standard InChI is InChI=1S/C18H22FN3O2/c1-3-8-18(2)17(23)20-9-10-22(18)11-15-12-24-16(21-15)13-4-6-14(19)7-5-13/h4-7,12H,3,8-11H2,1-2H3,(H,20,23). The number of rotatable bonds is 5. The lowest BCUT2D eigenvalue weighted by atomic mass is 9.90. The Balaban J connectivity index is 1.78. The molecule has 1 aromatic carbocycles. The molecular formula is C18H22FN3O2. The number of nitrogens with zero attached hydrogens (tertiary/aromatic N) is 2. The van der Waals surface area contributed by atoms with Crippen molar-refractivity contribution < 1.29 is 13.6 Å². The Hall–Kier alpha value is -2.21. The number of hydrogen-bond donors (Lipinski definition) is 1. The van der Waals surface area contributed by atoms with Crippen molar-refractivity contribution >= 4 is 5.91 Å². The van der Waals surface area contributed by atoms with Gasteiger partial charge in [0.2, 0.25) is 11.8 Å². The maximum Gasteiger partial charge on any atom is 0.240 e. The minimum absolute atomic E-state index is 0.0675. The van der Waals surface area contributed by atoms with E-state index in [2.05, 4.69) is 22.1 Å². The number of piperazine rings is 1. The molecule has 0 saturated carbocycles. The number of hydrogen-bond acceptors (Lipinski definition) is 4. The van der Waals surface area contributed by atoms with Gasteiger partial charge in [-0.1, -0.05) is 13.3 Å². The van der Waals surface area contributed by atoms with E-state index in [9.17, 15) is 9.18 Å². The molecule has 0 spiro atoms. The van der Waals surface area contributed by atoms with Crippen LogP contribution in [0.1, 0.15) is 32.4 Å². The zero-order valence-corrected chi connectivity index (χ0v) is 14.0. The van der Waals surface area contributed by atoms with Crippen LogP contribution < -0.4 is 5.32 Å². The summed E-state index contributed by atoms with van der Waals surface area (Å²) in [5.41, 5.74) is 0.976. The highest BCUT2D eigenvalue weighted by Gasteiger charge is 2.41. The number of halogens is 1. The van der Waals surface area contributed by atoms with Gasteiger partial charge in [-0.2, -0.15) is 0 Å². The first-order valence-corrected chi connectivity index (χ1v) is 8.26. The fraction of sp³-hybridized carbons (Fsp3) is 0.444. The maximum absolute atomic E-state index is 13.0. The van der Waals surface area contributed by atoms with Gasteiger partial charge >= 0.3 is 0 Å². The Bertz CT molecular complexity index is 713. The maximum atomic E-state index is 13.0. The Morgan fingerprint density at radius 2 is 2.12 bits per heavy atom. The second kappa shape index (κ2) is 6.73. The van der Waals surface area contributed by atoms with Crippen molar-refractivity contribution in [2.75, 3.05) is 13.1 Å². The van der Waals surface area contributed by atoms with E-state index in [1.807, 2.05) is 6.92 Å². The Labute approximate surface area is 140 Å². The van der Waals surface area contributed by atoms with Crippen LogP contribution in [0.5, 0.6) is 0 Å². The first-order chi connectivity index (χ1) is 11.5. The fourth-order valence-corrected chi connectivity index (χ4v) is 3.20. The molecule has 1 aliphatic heterocycles. The fourth-order valence-electron chi connectivity index (χ4n) is 3.20. The lowest BCUT2D eigenvalue weighted by molar-refractivity contribution is -0.137. The van der Waals surface area contributed by atoms with Gasteiger partial charge < -0.3 is 9.73 Å². The summed E-state index contributed by atoms with van der Waals surface area (Å²) < 4.78 is 18.5. The van der Waals surface area contributed by atoms with Gasteiger partial charge in [0, 0.05) is 25.2 Å². The highest BCUT2D eigenvalue weighted by molar-refractivity contribution is 5.86. The summed E-state index contributed by atoms with van der Waals surface area (Å²) in [7, 11) is 0. The Kier molecular flexibility index (Phi) is 4.66. The monoisotopic (exact) mass is 331 g/mol. The van der Waals surface area contributed by atoms with Crippen LogP contribution in [0.4, 0.5) is 4.39 Å². The third kappa shape index (κ3) is 3.19. The van der Waals surface area contributed by atoms with Crippen molar-refractivity contribution in [1.29, 1.82) is 0 Å². The smallest absolute Gasteiger partial charge is 0.240 e. The molecule has 2 heterocycles. The van der Waals surface area contributed by atoms with Crippen LogP contribution >= 0.6 is 0 Å². The van der Waals surface area contributed by atoms with Crippen molar-refractivity contribution in [3.8, 4) is 11.5 Å². The van der Waals surface area contributed by atoms with Gasteiger partial charge in [-0.25, -0.2) is 9.37 Å². The number of amides is 1. The number of oxazole rings is 1. The van der Waals surface area contributed by atoms with E-state index >= 15 is 0 Å². The van der Waals surface area contributed by atoms with E-state index in [1.165, 1.54) is 12.1 Å². The minimum Gasteiger partial charge on any atom is -0.444 e. The van der Waals surface area contributed by atoms with Crippen LogP contribution in [0, 0.1) is 5.82 Å². The largest absolute Gasteiger partial charge is 0.444 e. The van der Waals surface area contributed by atoms with Crippen LogP contribution in [0.2, 0.25) is 0 Å². The Morgan fingerprint density at radius 1 is 1.38 bits per heavy atom. The summed E-state index contributed by atoms with van der Waals surface area (Å²) in [6, 6.07) is 6.04. The van der Waals surface area contributed by atoms with Gasteiger partial charge in [-0.05, 0) is 37.6 Å². The quantitative estimate of drug-likeness (QED) is 0.915. The van der Waals surface area contributed by atoms with Crippen LogP contribution in [0.15, 0.2) is 34.9 Å². The topological polar surface area (TPSA) is 58.4 Å². The number of carbonyl (C=O) groups excluding carboxylic acids is 1. The van der Waals surface area contributed by atoms with Crippen molar-refractivity contribution in [2.24, 2.45) is 0 Å². The predicted octanol–water partition coefficient (Wildman–Crippen LogP) is 2.97. The molecule has 0 radical (unpaired) electrons. The van der Waals surface area contributed by atoms with Crippen LogP contribution in [0.25, 0.3) is 11.5 Å². The number of benzene rings is 1. The highest BCUT2D eigenvalue weighted by Crippen LogP contribution is 2.27. The van der Waals surface area contributed by atoms with Crippen molar-refractivity contribution in [3.63, 3.8) is 0 Å². The summed E-state index contributed by atoms with van der Waals surface area (Å²) in [4.78, 5) is 19.0. The van der Waals surface area contributed by atoms with Crippen molar-refractivity contribution in [2.45, 2.75) is 38.8 Å². The lowest BCUT2D eigenvalue weighted by Crippen LogP contribution is -2.62. The third-order valence-corrected chi connectivity index (χ3v) is 4.59. The molecule has 1 amide bonds. The lowest BCUT2D eigenvalue weighted by Gasteiger charge is -2.43. The normalized spacial score (nSPS) is 21.7. The van der Waals surface area contributed by atoms with Crippen LogP contribution in [-0.4, -0.2) is 34.4 Å². The zero-order valence-electron chi connectivity index (χ0n) is 14.0. The number of carbonyl (C=O) groups is 1. The molecule has 0 aliphatic carbocycles. The van der Waals surface area contributed by atoms with Gasteiger partial charge in [0.15, 0.2) is 0 Å². The first-order valence-electron chi connectivity index (χ1n) is 8.26. The molecule has 128 valence electrons. The van der Waals surface area contributed by atoms with Crippen molar-refractivity contribution in [3.05, 3.63) is 42.0 Å². The number of aromatic nitrogens is 1. The second-order valence-electron chi connectivity index (χ2n) is 6.35. The summed E-state index contributed by atoms with van der Waals surface area (Å²) in [6.45, 7) is 6.02. The second-order valence-corrected chi connectivity index (χ2v) is 6.35. The molecular weight excluding hydrogens is 309 g/mol. The first kappa shape index (κ1) is 16.6. The van der Waals surface area contributed by atoms with Crippen LogP contribution in [-0.2, 0) is 11.3 Å². The molecule has 1 unspecified atom stereocenters. The summed E-state index contributed by atoms with van der Waals surface area (Å²) in [5, 5.41) is 2.95. The van der Waals surface area contributed by atoms with Gasteiger partial charge in [-0.15, -0.1) is 0 Å². The summed E-state index contributed by atoms with van der Waals surface area (Å²) in [5.74, 6) is 0.238. The van der Waals surface area contributed by atoms with Gasteiger partial charge in [-0.3, -0.25) is 9.69 Å². The minimum atomic E-state index is -0.526. The third-order valence-electron chi connectivity index (χ3n) is 4.59. The predicted molar refractivity (Wildman–Crippen MR) is 88.6 cm³/mol. The molecule has 3 rings (SSSR count). The zero-order chi connectivity index (χ0) is 17.2. The molecule has 6 heteroatoms. The highest BCUT2D eigenvalue weighted by atomic mass is 19.1. The molecule has 24 heavy (non-hydrogen) atoms. The van der Waals surface area contributed by atoms with E-state index < -0.39 is 5.54 Å². The average Bonchev–Trinajstić information content (AvgIpc) is 3.02. The summed E-state index contributed by atoms with van der Waals surface area (Å²) >= 11 is 0. The van der Waals surface area contributed by atoms with Gasteiger partial charge in [0.25, 0.3) is 0 Å². The average molecular weight is 331 g/mol. The van der Waals surface area contributed by atoms with E-state index in [0.717, 1.165) is 30.6 Å². The molecule has 5 nitrogen and oxygen atoms in total. The molecule has 1 fully saturated rings.